The Morgan fingerprint density at radius 3 is 2.64 bits per heavy atom. The minimum absolute atomic E-state index is 0.506. The van der Waals surface area contributed by atoms with E-state index in [1.54, 1.807) is 18.4 Å². The zero-order chi connectivity index (χ0) is 15.8. The smallest absolute Gasteiger partial charge is 0.191 e. The van der Waals surface area contributed by atoms with Gasteiger partial charge in [0.15, 0.2) is 5.96 Å². The molecule has 0 unspecified atom stereocenters. The average Bonchev–Trinajstić information content (AvgIpc) is 3.01. The average molecular weight is 316 g/mol. The summed E-state index contributed by atoms with van der Waals surface area (Å²) in [5.41, 5.74) is 2.39. The minimum atomic E-state index is 0.506. The summed E-state index contributed by atoms with van der Waals surface area (Å²) in [5, 5.41) is 10.0. The van der Waals surface area contributed by atoms with E-state index in [-0.39, 0.29) is 0 Å². The van der Waals surface area contributed by atoms with Crippen molar-refractivity contribution in [2.45, 2.75) is 32.7 Å². The molecule has 0 aliphatic carbocycles. The maximum Gasteiger partial charge on any atom is 0.191 e. The second-order valence-electron chi connectivity index (χ2n) is 5.42. The molecule has 0 aliphatic heterocycles. The molecule has 0 bridgehead atoms. The van der Waals surface area contributed by atoms with Gasteiger partial charge in [-0.25, -0.2) is 4.98 Å². The van der Waals surface area contributed by atoms with E-state index in [1.807, 2.05) is 18.2 Å². The number of benzene rings is 1. The summed E-state index contributed by atoms with van der Waals surface area (Å²) in [4.78, 5) is 8.89. The first-order valence-corrected chi connectivity index (χ1v) is 8.49. The Bertz CT molecular complexity index is 590. The highest BCUT2D eigenvalue weighted by molar-refractivity contribution is 7.09. The monoisotopic (exact) mass is 316 g/mol. The van der Waals surface area contributed by atoms with Crippen LogP contribution < -0.4 is 10.6 Å². The van der Waals surface area contributed by atoms with E-state index in [0.29, 0.717) is 5.92 Å². The summed E-state index contributed by atoms with van der Waals surface area (Å²) >= 11 is 1.75. The van der Waals surface area contributed by atoms with E-state index in [9.17, 15) is 0 Å². The van der Waals surface area contributed by atoms with Gasteiger partial charge >= 0.3 is 0 Å². The minimum Gasteiger partial charge on any atom is -0.356 e. The third-order valence-corrected chi connectivity index (χ3v) is 4.46. The Hall–Kier alpha value is -1.88. The maximum absolute atomic E-state index is 4.64. The lowest BCUT2D eigenvalue weighted by Crippen LogP contribution is -2.37. The second kappa shape index (κ2) is 8.54. The van der Waals surface area contributed by atoms with E-state index in [0.717, 1.165) is 31.2 Å². The molecular weight excluding hydrogens is 292 g/mol. The lowest BCUT2D eigenvalue weighted by Gasteiger charge is -2.11. The summed E-state index contributed by atoms with van der Waals surface area (Å²) in [6, 6.07) is 10.3. The van der Waals surface area contributed by atoms with E-state index in [2.05, 4.69) is 52.0 Å². The normalized spacial score (nSPS) is 11.7. The van der Waals surface area contributed by atoms with Crippen molar-refractivity contribution in [1.82, 2.24) is 15.6 Å². The van der Waals surface area contributed by atoms with Crippen molar-refractivity contribution in [3.8, 4) is 0 Å². The Kier molecular flexibility index (Phi) is 6.40. The van der Waals surface area contributed by atoms with Crippen LogP contribution in [0.5, 0.6) is 0 Å². The molecule has 0 amide bonds. The zero-order valence-corrected chi connectivity index (χ0v) is 14.3. The number of hydrogen-bond acceptors (Lipinski definition) is 3. The molecule has 0 aliphatic rings. The van der Waals surface area contributed by atoms with Crippen molar-refractivity contribution in [3.63, 3.8) is 0 Å². The SMILES string of the molecule is CN=C(NCCc1csc(C(C)C)n1)NCc1ccccc1. The van der Waals surface area contributed by atoms with E-state index >= 15 is 0 Å². The Morgan fingerprint density at radius 1 is 1.23 bits per heavy atom. The Balaban J connectivity index is 1.74. The quantitative estimate of drug-likeness (QED) is 0.636. The van der Waals surface area contributed by atoms with E-state index < -0.39 is 0 Å². The topological polar surface area (TPSA) is 49.3 Å². The number of guanidine groups is 1. The maximum atomic E-state index is 4.64. The molecule has 1 aromatic carbocycles. The third-order valence-electron chi connectivity index (χ3n) is 3.26. The molecule has 1 heterocycles. The van der Waals surface area contributed by atoms with Crippen molar-refractivity contribution in [2.75, 3.05) is 13.6 Å². The summed E-state index contributed by atoms with van der Waals surface area (Å²) in [6.45, 7) is 5.96. The van der Waals surface area contributed by atoms with Crippen LogP contribution in [0.3, 0.4) is 0 Å². The Morgan fingerprint density at radius 2 is 2.00 bits per heavy atom. The van der Waals surface area contributed by atoms with E-state index in [4.69, 9.17) is 0 Å². The molecule has 0 atom stereocenters. The van der Waals surface area contributed by atoms with Gasteiger partial charge in [0.25, 0.3) is 0 Å². The predicted molar refractivity (Wildman–Crippen MR) is 94.6 cm³/mol. The molecule has 0 spiro atoms. The van der Waals surface area contributed by atoms with Crippen LogP contribution in [0.2, 0.25) is 0 Å². The number of hydrogen-bond donors (Lipinski definition) is 2. The molecule has 0 fully saturated rings. The van der Waals surface area contributed by atoms with Crippen LogP contribution in [0.25, 0.3) is 0 Å². The first-order chi connectivity index (χ1) is 10.7. The number of aliphatic imine (C=N–C) groups is 1. The van der Waals surface area contributed by atoms with Crippen LogP contribution in [0, 0.1) is 0 Å². The highest BCUT2D eigenvalue weighted by atomic mass is 32.1. The fourth-order valence-corrected chi connectivity index (χ4v) is 2.88. The van der Waals surface area contributed by atoms with Gasteiger partial charge in [-0.15, -0.1) is 11.3 Å². The molecule has 2 N–H and O–H groups in total. The molecule has 0 saturated carbocycles. The first-order valence-electron chi connectivity index (χ1n) is 7.61. The van der Waals surface area contributed by atoms with Gasteiger partial charge in [-0.2, -0.15) is 0 Å². The van der Waals surface area contributed by atoms with Crippen LogP contribution in [0.15, 0.2) is 40.7 Å². The highest BCUT2D eigenvalue weighted by Crippen LogP contribution is 2.19. The summed E-state index contributed by atoms with van der Waals surface area (Å²) in [5.74, 6) is 1.33. The highest BCUT2D eigenvalue weighted by Gasteiger charge is 2.05. The number of nitrogens with zero attached hydrogens (tertiary/aromatic N) is 2. The molecule has 2 aromatic rings. The molecule has 22 heavy (non-hydrogen) atoms. The van der Waals surface area contributed by atoms with Gasteiger partial charge in [-0.1, -0.05) is 44.2 Å². The molecular formula is C17H24N4S. The molecule has 5 heteroatoms. The number of thiazole rings is 1. The molecule has 118 valence electrons. The van der Waals surface area contributed by atoms with E-state index in [1.165, 1.54) is 10.6 Å². The number of aromatic nitrogens is 1. The molecule has 2 rings (SSSR count). The van der Waals surface area contributed by atoms with Crippen molar-refractivity contribution in [1.29, 1.82) is 0 Å². The summed E-state index contributed by atoms with van der Waals surface area (Å²) in [7, 11) is 1.79. The largest absolute Gasteiger partial charge is 0.356 e. The van der Waals surface area contributed by atoms with Crippen LogP contribution in [0.4, 0.5) is 0 Å². The van der Waals surface area contributed by atoms with Crippen molar-refractivity contribution < 1.29 is 0 Å². The predicted octanol–water partition coefficient (Wildman–Crippen LogP) is 3.17. The van der Waals surface area contributed by atoms with Crippen LogP contribution >= 0.6 is 11.3 Å². The third kappa shape index (κ3) is 5.15. The molecule has 0 saturated heterocycles. The van der Waals surface area contributed by atoms with Gasteiger partial charge in [0.2, 0.25) is 0 Å². The molecule has 1 aromatic heterocycles. The lowest BCUT2D eigenvalue weighted by atomic mass is 10.2. The molecule has 0 radical (unpaired) electrons. The number of nitrogens with one attached hydrogen (secondary N) is 2. The first kappa shape index (κ1) is 16.5. The van der Waals surface area contributed by atoms with Gasteiger partial charge in [-0.3, -0.25) is 4.99 Å². The standard InChI is InChI=1S/C17H24N4S/c1-13(2)16-21-15(12-22-16)9-10-19-17(18-3)20-11-14-7-5-4-6-8-14/h4-8,12-13H,9-11H2,1-3H3,(H2,18,19,20). The van der Waals surface area contributed by atoms with Crippen LogP contribution in [0.1, 0.15) is 36.0 Å². The van der Waals surface area contributed by atoms with Crippen molar-refractivity contribution in [3.05, 3.63) is 52.0 Å². The van der Waals surface area contributed by atoms with Crippen LogP contribution in [-0.2, 0) is 13.0 Å². The van der Waals surface area contributed by atoms with Gasteiger partial charge in [0.05, 0.1) is 10.7 Å². The lowest BCUT2D eigenvalue weighted by molar-refractivity contribution is 0.777. The Labute approximate surface area is 136 Å². The van der Waals surface area contributed by atoms with Gasteiger partial charge in [0.1, 0.15) is 0 Å². The summed E-state index contributed by atoms with van der Waals surface area (Å²) < 4.78 is 0. The van der Waals surface area contributed by atoms with Gasteiger partial charge in [-0.05, 0) is 5.56 Å². The second-order valence-corrected chi connectivity index (χ2v) is 6.31. The van der Waals surface area contributed by atoms with Gasteiger partial charge < -0.3 is 10.6 Å². The van der Waals surface area contributed by atoms with Crippen molar-refractivity contribution >= 4 is 17.3 Å². The van der Waals surface area contributed by atoms with Crippen LogP contribution in [-0.4, -0.2) is 24.5 Å². The zero-order valence-electron chi connectivity index (χ0n) is 13.5. The fourth-order valence-electron chi connectivity index (χ4n) is 2.01. The summed E-state index contributed by atoms with van der Waals surface area (Å²) in [6.07, 6.45) is 0.912. The fraction of sp³-hybridized carbons (Fsp3) is 0.412. The number of rotatable bonds is 6. The van der Waals surface area contributed by atoms with Crippen molar-refractivity contribution in [2.24, 2.45) is 4.99 Å². The van der Waals surface area contributed by atoms with Gasteiger partial charge in [0, 0.05) is 37.9 Å². The molecule has 4 nitrogen and oxygen atoms in total.